The molecule has 0 saturated heterocycles. The van der Waals surface area contributed by atoms with Crippen LogP contribution in [0.3, 0.4) is 0 Å². The number of hydrogen-bond acceptors (Lipinski definition) is 2. The molecule has 0 saturated carbocycles. The molecule has 3 heteroatoms. The Morgan fingerprint density at radius 3 is 2.54 bits per heavy atom. The maximum atomic E-state index is 9.92. The molecule has 0 aliphatic heterocycles. The van der Waals surface area contributed by atoms with Gasteiger partial charge in [-0.3, -0.25) is 4.79 Å². The van der Waals surface area contributed by atoms with E-state index in [1.165, 1.54) is 5.56 Å². The van der Waals surface area contributed by atoms with E-state index in [1.807, 2.05) is 12.1 Å². The molecule has 0 fully saturated rings. The molecule has 13 heavy (non-hydrogen) atoms. The van der Waals surface area contributed by atoms with Gasteiger partial charge >= 0.3 is 0 Å². The summed E-state index contributed by atoms with van der Waals surface area (Å²) in [6, 6.07) is 8.15. The van der Waals surface area contributed by atoms with Crippen LogP contribution in [0.25, 0.3) is 0 Å². The van der Waals surface area contributed by atoms with Crippen molar-refractivity contribution in [2.75, 3.05) is 18.4 Å². The van der Waals surface area contributed by atoms with Gasteiger partial charge in [0.05, 0.1) is 0 Å². The fraction of sp³-hybridized carbons (Fsp3) is 0.300. The lowest BCUT2D eigenvalue weighted by molar-refractivity contribution is -0.109. The second kappa shape index (κ2) is 5.19. The van der Waals surface area contributed by atoms with Gasteiger partial charge in [0.1, 0.15) is 0 Å². The van der Waals surface area contributed by atoms with E-state index in [-0.39, 0.29) is 0 Å². The minimum atomic E-state index is 0.650. The van der Waals surface area contributed by atoms with Crippen LogP contribution in [0.15, 0.2) is 24.3 Å². The van der Waals surface area contributed by atoms with E-state index in [0.29, 0.717) is 13.0 Å². The van der Waals surface area contributed by atoms with Crippen LogP contribution in [0, 0.1) is 6.92 Å². The Labute approximate surface area is 78.2 Å². The molecule has 1 aromatic rings. The second-order valence-corrected chi connectivity index (χ2v) is 2.86. The van der Waals surface area contributed by atoms with Gasteiger partial charge in [-0.2, -0.15) is 0 Å². The Bertz CT molecular complexity index is 256. The molecule has 0 heterocycles. The van der Waals surface area contributed by atoms with Crippen LogP contribution in [0.1, 0.15) is 5.56 Å². The second-order valence-electron chi connectivity index (χ2n) is 2.86. The van der Waals surface area contributed by atoms with Gasteiger partial charge < -0.3 is 10.6 Å². The van der Waals surface area contributed by atoms with Crippen molar-refractivity contribution in [1.29, 1.82) is 0 Å². The molecule has 1 rings (SSSR count). The Kier molecular flexibility index (Phi) is 3.82. The molecule has 3 nitrogen and oxygen atoms in total. The normalized spacial score (nSPS) is 9.31. The average molecular weight is 178 g/mol. The highest BCUT2D eigenvalue weighted by Gasteiger charge is 1.89. The number of hydrogen-bond donors (Lipinski definition) is 2. The van der Waals surface area contributed by atoms with E-state index in [9.17, 15) is 4.79 Å². The monoisotopic (exact) mass is 178 g/mol. The van der Waals surface area contributed by atoms with E-state index in [0.717, 1.165) is 12.2 Å². The highest BCUT2D eigenvalue weighted by Crippen LogP contribution is 2.07. The summed E-state index contributed by atoms with van der Waals surface area (Å²) in [5.74, 6) is 0. The maximum absolute atomic E-state index is 9.92. The number of nitrogens with one attached hydrogen (secondary N) is 2. The third-order valence-electron chi connectivity index (χ3n) is 1.73. The van der Waals surface area contributed by atoms with Crippen molar-refractivity contribution >= 4 is 12.1 Å². The van der Waals surface area contributed by atoms with Crippen molar-refractivity contribution in [3.63, 3.8) is 0 Å². The molecular weight excluding hydrogens is 164 g/mol. The summed E-state index contributed by atoms with van der Waals surface area (Å²) in [5.41, 5.74) is 2.33. The van der Waals surface area contributed by atoms with Crippen LogP contribution in [-0.4, -0.2) is 19.5 Å². The lowest BCUT2D eigenvalue weighted by Gasteiger charge is -2.05. The number of benzene rings is 1. The summed E-state index contributed by atoms with van der Waals surface area (Å²) in [7, 11) is 0. The van der Waals surface area contributed by atoms with E-state index in [1.54, 1.807) is 0 Å². The molecule has 0 aliphatic rings. The predicted molar refractivity (Wildman–Crippen MR) is 53.7 cm³/mol. The lowest BCUT2D eigenvalue weighted by atomic mass is 10.2. The molecule has 1 amide bonds. The van der Waals surface area contributed by atoms with E-state index in [4.69, 9.17) is 0 Å². The summed E-state index contributed by atoms with van der Waals surface area (Å²) < 4.78 is 0. The molecule has 0 bridgehead atoms. The molecule has 0 atom stereocenters. The first kappa shape index (κ1) is 9.58. The first-order valence-corrected chi connectivity index (χ1v) is 4.30. The standard InChI is InChI=1S/C10H14N2O/c1-9-2-4-10(5-3-9)12-7-6-11-8-13/h2-5,8,12H,6-7H2,1H3,(H,11,13). The average Bonchev–Trinajstić information content (AvgIpc) is 2.15. The molecule has 70 valence electrons. The van der Waals surface area contributed by atoms with Crippen molar-refractivity contribution in [2.45, 2.75) is 6.92 Å². The van der Waals surface area contributed by atoms with Crippen molar-refractivity contribution in [1.82, 2.24) is 5.32 Å². The fourth-order valence-electron chi connectivity index (χ4n) is 1.01. The van der Waals surface area contributed by atoms with Gasteiger partial charge in [0, 0.05) is 18.8 Å². The van der Waals surface area contributed by atoms with Crippen molar-refractivity contribution in [3.8, 4) is 0 Å². The third kappa shape index (κ3) is 3.60. The molecule has 1 aromatic carbocycles. The van der Waals surface area contributed by atoms with Crippen LogP contribution in [0.5, 0.6) is 0 Å². The molecule has 2 N–H and O–H groups in total. The first-order chi connectivity index (χ1) is 6.33. The van der Waals surface area contributed by atoms with Crippen LogP contribution in [0.2, 0.25) is 0 Å². The van der Waals surface area contributed by atoms with Crippen molar-refractivity contribution < 1.29 is 4.79 Å². The zero-order valence-electron chi connectivity index (χ0n) is 7.71. The number of anilines is 1. The molecule has 0 spiro atoms. The van der Waals surface area contributed by atoms with E-state index >= 15 is 0 Å². The Morgan fingerprint density at radius 2 is 1.92 bits per heavy atom. The zero-order chi connectivity index (χ0) is 9.52. The van der Waals surface area contributed by atoms with E-state index < -0.39 is 0 Å². The van der Waals surface area contributed by atoms with Crippen LogP contribution >= 0.6 is 0 Å². The zero-order valence-corrected chi connectivity index (χ0v) is 7.71. The van der Waals surface area contributed by atoms with Crippen LogP contribution in [-0.2, 0) is 4.79 Å². The largest absolute Gasteiger partial charge is 0.383 e. The number of aryl methyl sites for hydroxylation is 1. The highest BCUT2D eigenvalue weighted by atomic mass is 16.1. The van der Waals surface area contributed by atoms with Gasteiger partial charge in [-0.15, -0.1) is 0 Å². The van der Waals surface area contributed by atoms with Gasteiger partial charge in [0.15, 0.2) is 0 Å². The van der Waals surface area contributed by atoms with Crippen LogP contribution in [0.4, 0.5) is 5.69 Å². The minimum absolute atomic E-state index is 0.650. The van der Waals surface area contributed by atoms with Gasteiger partial charge in [-0.25, -0.2) is 0 Å². The van der Waals surface area contributed by atoms with Crippen molar-refractivity contribution in [3.05, 3.63) is 29.8 Å². The maximum Gasteiger partial charge on any atom is 0.207 e. The van der Waals surface area contributed by atoms with Crippen LogP contribution < -0.4 is 10.6 Å². The third-order valence-corrected chi connectivity index (χ3v) is 1.73. The summed E-state index contributed by atoms with van der Waals surface area (Å²) >= 11 is 0. The Hall–Kier alpha value is -1.51. The first-order valence-electron chi connectivity index (χ1n) is 4.30. The van der Waals surface area contributed by atoms with Gasteiger partial charge in [-0.1, -0.05) is 17.7 Å². The topological polar surface area (TPSA) is 41.1 Å². The smallest absolute Gasteiger partial charge is 0.207 e. The minimum Gasteiger partial charge on any atom is -0.383 e. The molecule has 0 unspecified atom stereocenters. The summed E-state index contributed by atoms with van der Waals surface area (Å²) in [6.07, 6.45) is 0.705. The fourth-order valence-corrected chi connectivity index (χ4v) is 1.01. The number of rotatable bonds is 5. The SMILES string of the molecule is Cc1ccc(NCCNC=O)cc1. The van der Waals surface area contributed by atoms with Gasteiger partial charge in [-0.05, 0) is 19.1 Å². The molecular formula is C10H14N2O. The van der Waals surface area contributed by atoms with E-state index in [2.05, 4.69) is 29.7 Å². The van der Waals surface area contributed by atoms with Gasteiger partial charge in [0.25, 0.3) is 0 Å². The molecule has 0 radical (unpaired) electrons. The highest BCUT2D eigenvalue weighted by molar-refractivity contribution is 5.47. The Balaban J connectivity index is 2.28. The quantitative estimate of drug-likeness (QED) is 0.524. The lowest BCUT2D eigenvalue weighted by Crippen LogP contribution is -2.20. The van der Waals surface area contributed by atoms with Gasteiger partial charge in [0.2, 0.25) is 6.41 Å². The molecule has 0 aromatic heterocycles. The van der Waals surface area contributed by atoms with Crippen molar-refractivity contribution in [2.24, 2.45) is 0 Å². The Morgan fingerprint density at radius 1 is 1.23 bits per heavy atom. The summed E-state index contributed by atoms with van der Waals surface area (Å²) in [4.78, 5) is 9.92. The summed E-state index contributed by atoms with van der Waals surface area (Å²) in [6.45, 7) is 3.46. The summed E-state index contributed by atoms with van der Waals surface area (Å²) in [5, 5.41) is 5.77. The number of amides is 1. The number of carbonyl (C=O) groups is 1. The molecule has 0 aliphatic carbocycles. The predicted octanol–water partition coefficient (Wildman–Crippen LogP) is 1.15. The number of carbonyl (C=O) groups excluding carboxylic acids is 1.